The SMILES string of the molecule is CCCc1c(NN)ncnc1N1CC2CCCC2C1. The monoisotopic (exact) mass is 261 g/mol. The molecule has 1 aliphatic carbocycles. The molecule has 0 bridgehead atoms. The van der Waals surface area contributed by atoms with Crippen LogP contribution in [0.25, 0.3) is 0 Å². The summed E-state index contributed by atoms with van der Waals surface area (Å²) in [4.78, 5) is 11.2. The smallest absolute Gasteiger partial charge is 0.148 e. The van der Waals surface area contributed by atoms with E-state index < -0.39 is 0 Å². The van der Waals surface area contributed by atoms with Crippen LogP contribution in [-0.4, -0.2) is 23.1 Å². The maximum Gasteiger partial charge on any atom is 0.148 e. The molecule has 19 heavy (non-hydrogen) atoms. The van der Waals surface area contributed by atoms with E-state index in [0.717, 1.165) is 49.4 Å². The van der Waals surface area contributed by atoms with Crippen molar-refractivity contribution in [2.75, 3.05) is 23.4 Å². The number of hydrazine groups is 1. The van der Waals surface area contributed by atoms with Crippen LogP contribution in [0.5, 0.6) is 0 Å². The van der Waals surface area contributed by atoms with Gasteiger partial charge in [0.05, 0.1) is 0 Å². The number of anilines is 2. The van der Waals surface area contributed by atoms with Gasteiger partial charge in [-0.3, -0.25) is 0 Å². The first-order chi connectivity index (χ1) is 9.33. The zero-order chi connectivity index (χ0) is 13.2. The van der Waals surface area contributed by atoms with Crippen molar-refractivity contribution in [1.29, 1.82) is 0 Å². The fourth-order valence-corrected chi connectivity index (χ4v) is 3.69. The molecule has 1 saturated heterocycles. The van der Waals surface area contributed by atoms with E-state index in [-0.39, 0.29) is 0 Å². The van der Waals surface area contributed by atoms with Crippen molar-refractivity contribution in [2.45, 2.75) is 39.0 Å². The number of nitrogens with one attached hydrogen (secondary N) is 1. The van der Waals surface area contributed by atoms with E-state index in [1.807, 2.05) is 0 Å². The van der Waals surface area contributed by atoms with Crippen LogP contribution < -0.4 is 16.2 Å². The molecular weight excluding hydrogens is 238 g/mol. The Morgan fingerprint density at radius 1 is 1.32 bits per heavy atom. The van der Waals surface area contributed by atoms with Crippen LogP contribution in [0, 0.1) is 11.8 Å². The number of aromatic nitrogens is 2. The molecule has 1 aromatic heterocycles. The van der Waals surface area contributed by atoms with Gasteiger partial charge in [-0.1, -0.05) is 19.8 Å². The molecule has 104 valence electrons. The lowest BCUT2D eigenvalue weighted by Gasteiger charge is -2.22. The fourth-order valence-electron chi connectivity index (χ4n) is 3.69. The Labute approximate surface area is 114 Å². The van der Waals surface area contributed by atoms with Gasteiger partial charge in [0.25, 0.3) is 0 Å². The van der Waals surface area contributed by atoms with E-state index in [1.165, 1.54) is 24.8 Å². The summed E-state index contributed by atoms with van der Waals surface area (Å²) >= 11 is 0. The molecule has 5 heteroatoms. The highest BCUT2D eigenvalue weighted by atomic mass is 15.3. The standard InChI is InChI=1S/C14H23N5/c1-2-4-12-13(18-15)16-9-17-14(12)19-7-10-5-3-6-11(10)8-19/h9-11H,2-8,15H2,1H3,(H,16,17,18). The lowest BCUT2D eigenvalue weighted by atomic mass is 10.0. The number of nitrogens with two attached hydrogens (primary N) is 1. The van der Waals surface area contributed by atoms with Gasteiger partial charge in [-0.25, -0.2) is 15.8 Å². The number of hydrogen-bond acceptors (Lipinski definition) is 5. The van der Waals surface area contributed by atoms with E-state index >= 15 is 0 Å². The Bertz CT molecular complexity index is 435. The predicted octanol–water partition coefficient (Wildman–Crippen LogP) is 1.95. The van der Waals surface area contributed by atoms with E-state index in [1.54, 1.807) is 6.33 Å². The van der Waals surface area contributed by atoms with Crippen LogP contribution in [0.15, 0.2) is 6.33 Å². The molecule has 2 heterocycles. The van der Waals surface area contributed by atoms with E-state index in [0.29, 0.717) is 0 Å². The van der Waals surface area contributed by atoms with Gasteiger partial charge in [0.1, 0.15) is 18.0 Å². The summed E-state index contributed by atoms with van der Waals surface area (Å²) in [5, 5.41) is 0. The minimum Gasteiger partial charge on any atom is -0.356 e. The molecule has 1 aromatic rings. The molecule has 0 spiro atoms. The van der Waals surface area contributed by atoms with Crippen molar-refractivity contribution in [3.8, 4) is 0 Å². The van der Waals surface area contributed by atoms with Crippen molar-refractivity contribution in [2.24, 2.45) is 17.7 Å². The summed E-state index contributed by atoms with van der Waals surface area (Å²) in [6, 6.07) is 0. The Morgan fingerprint density at radius 3 is 2.68 bits per heavy atom. The van der Waals surface area contributed by atoms with Crippen LogP contribution in [0.3, 0.4) is 0 Å². The number of nitrogens with zero attached hydrogens (tertiary/aromatic N) is 3. The molecule has 5 nitrogen and oxygen atoms in total. The van der Waals surface area contributed by atoms with Gasteiger partial charge in [0.15, 0.2) is 0 Å². The zero-order valence-corrected chi connectivity index (χ0v) is 11.6. The molecule has 1 aliphatic heterocycles. The van der Waals surface area contributed by atoms with Crippen LogP contribution in [0.4, 0.5) is 11.6 Å². The molecule has 0 radical (unpaired) electrons. The Morgan fingerprint density at radius 2 is 2.05 bits per heavy atom. The molecule has 3 N–H and O–H groups in total. The Balaban J connectivity index is 1.87. The summed E-state index contributed by atoms with van der Waals surface area (Å²) in [5.74, 6) is 9.21. The first-order valence-corrected chi connectivity index (χ1v) is 7.39. The molecule has 0 aromatic carbocycles. The highest BCUT2D eigenvalue weighted by molar-refractivity contribution is 5.59. The maximum atomic E-state index is 5.58. The summed E-state index contributed by atoms with van der Waals surface area (Å²) in [6.45, 7) is 4.49. The summed E-state index contributed by atoms with van der Waals surface area (Å²) in [5.41, 5.74) is 3.89. The van der Waals surface area contributed by atoms with E-state index in [2.05, 4.69) is 27.2 Å². The lowest BCUT2D eigenvalue weighted by Crippen LogP contribution is -2.25. The molecule has 2 aliphatic rings. The van der Waals surface area contributed by atoms with Crippen LogP contribution >= 0.6 is 0 Å². The quantitative estimate of drug-likeness (QED) is 0.640. The average molecular weight is 261 g/mol. The van der Waals surface area contributed by atoms with E-state index in [9.17, 15) is 0 Å². The third-order valence-electron chi connectivity index (χ3n) is 4.59. The minimum absolute atomic E-state index is 0.781. The minimum atomic E-state index is 0.781. The van der Waals surface area contributed by atoms with Crippen molar-refractivity contribution in [3.05, 3.63) is 11.9 Å². The fraction of sp³-hybridized carbons (Fsp3) is 0.714. The highest BCUT2D eigenvalue weighted by Gasteiger charge is 2.37. The normalized spacial score (nSPS) is 25.7. The number of fused-ring (bicyclic) bond motifs is 1. The summed E-state index contributed by atoms with van der Waals surface area (Å²) < 4.78 is 0. The van der Waals surface area contributed by atoms with Gasteiger partial charge in [-0.15, -0.1) is 0 Å². The second-order valence-electron chi connectivity index (χ2n) is 5.77. The first kappa shape index (κ1) is 12.7. The van der Waals surface area contributed by atoms with Crippen molar-refractivity contribution in [3.63, 3.8) is 0 Å². The second-order valence-corrected chi connectivity index (χ2v) is 5.77. The van der Waals surface area contributed by atoms with Gasteiger partial charge in [-0.2, -0.15) is 0 Å². The second kappa shape index (κ2) is 5.33. The Kier molecular flexibility index (Phi) is 3.55. The highest BCUT2D eigenvalue weighted by Crippen LogP contribution is 2.40. The topological polar surface area (TPSA) is 67.1 Å². The average Bonchev–Trinajstić information content (AvgIpc) is 3.00. The van der Waals surface area contributed by atoms with Gasteiger partial charge < -0.3 is 10.3 Å². The van der Waals surface area contributed by atoms with Gasteiger partial charge in [0, 0.05) is 18.7 Å². The van der Waals surface area contributed by atoms with Gasteiger partial charge in [-0.05, 0) is 31.1 Å². The predicted molar refractivity (Wildman–Crippen MR) is 76.9 cm³/mol. The zero-order valence-electron chi connectivity index (χ0n) is 11.6. The van der Waals surface area contributed by atoms with Crippen molar-refractivity contribution < 1.29 is 0 Å². The van der Waals surface area contributed by atoms with Crippen LogP contribution in [0.1, 0.15) is 38.2 Å². The summed E-state index contributed by atoms with van der Waals surface area (Å²) in [7, 11) is 0. The number of hydrogen-bond donors (Lipinski definition) is 2. The van der Waals surface area contributed by atoms with Crippen LogP contribution in [-0.2, 0) is 6.42 Å². The largest absolute Gasteiger partial charge is 0.356 e. The molecule has 3 rings (SSSR count). The molecule has 2 unspecified atom stereocenters. The number of nitrogen functional groups attached to an aromatic ring is 1. The Hall–Kier alpha value is -1.36. The molecule has 2 atom stereocenters. The van der Waals surface area contributed by atoms with Gasteiger partial charge in [0.2, 0.25) is 0 Å². The molecule has 2 fully saturated rings. The molecular formula is C14H23N5. The molecule has 1 saturated carbocycles. The summed E-state index contributed by atoms with van der Waals surface area (Å²) in [6.07, 6.45) is 7.86. The first-order valence-electron chi connectivity index (χ1n) is 7.39. The third kappa shape index (κ3) is 2.27. The van der Waals surface area contributed by atoms with Gasteiger partial charge >= 0.3 is 0 Å². The van der Waals surface area contributed by atoms with Crippen molar-refractivity contribution >= 4 is 11.6 Å². The maximum absolute atomic E-state index is 5.58. The number of rotatable bonds is 4. The third-order valence-corrected chi connectivity index (χ3v) is 4.59. The van der Waals surface area contributed by atoms with Crippen molar-refractivity contribution in [1.82, 2.24) is 9.97 Å². The van der Waals surface area contributed by atoms with E-state index in [4.69, 9.17) is 5.84 Å². The van der Waals surface area contributed by atoms with Crippen LogP contribution in [0.2, 0.25) is 0 Å². The lowest BCUT2D eigenvalue weighted by molar-refractivity contribution is 0.494. The molecule has 0 amide bonds.